The van der Waals surface area contributed by atoms with Crippen LogP contribution < -0.4 is 5.09 Å². The van der Waals surface area contributed by atoms with Crippen molar-refractivity contribution in [3.63, 3.8) is 0 Å². The van der Waals surface area contributed by atoms with Crippen molar-refractivity contribution in [2.45, 2.75) is 31.8 Å². The monoisotopic (exact) mass is 369 g/mol. The van der Waals surface area contributed by atoms with Crippen molar-refractivity contribution in [1.29, 1.82) is 0 Å². The predicted molar refractivity (Wildman–Crippen MR) is 89.7 cm³/mol. The number of hydrogen-bond donors (Lipinski definition) is 6. The fourth-order valence-corrected chi connectivity index (χ4v) is 3.43. The number of aromatic hydroxyl groups is 1. The van der Waals surface area contributed by atoms with Gasteiger partial charge in [0.2, 0.25) is 0 Å². The lowest BCUT2D eigenvalue weighted by molar-refractivity contribution is -0.114. The van der Waals surface area contributed by atoms with Crippen LogP contribution in [0.1, 0.15) is 31.2 Å². The minimum atomic E-state index is -4.72. The molecule has 1 aromatic rings. The Morgan fingerprint density at radius 2 is 1.80 bits per heavy atom. The van der Waals surface area contributed by atoms with Gasteiger partial charge in [-0.1, -0.05) is 19.1 Å². The van der Waals surface area contributed by atoms with Crippen molar-refractivity contribution >= 4 is 13.5 Å². The molecule has 1 aliphatic rings. The van der Waals surface area contributed by atoms with Crippen molar-refractivity contribution in [1.82, 2.24) is 5.09 Å². The van der Waals surface area contributed by atoms with Crippen LogP contribution in [0.2, 0.25) is 0 Å². The zero-order chi connectivity index (χ0) is 18.8. The van der Waals surface area contributed by atoms with E-state index >= 15 is 0 Å². The molecule has 1 aliphatic carbocycles. The zero-order valence-electron chi connectivity index (χ0n) is 13.5. The SMILES string of the molecule is CCC(c1ccc(O)cc1)C(O)C1=C(NP(=O)(O)O)CC(=O)C=C1O. The quantitative estimate of drug-likeness (QED) is 0.414. The second kappa shape index (κ2) is 7.41. The lowest BCUT2D eigenvalue weighted by Crippen LogP contribution is -2.29. The summed E-state index contributed by atoms with van der Waals surface area (Å²) < 4.78 is 11.3. The number of aliphatic hydroxyl groups is 2. The maximum absolute atomic E-state index is 11.6. The van der Waals surface area contributed by atoms with Crippen LogP contribution in [0.15, 0.2) is 47.4 Å². The number of rotatable bonds is 6. The minimum Gasteiger partial charge on any atom is -0.508 e. The lowest BCUT2D eigenvalue weighted by Gasteiger charge is -2.28. The van der Waals surface area contributed by atoms with Gasteiger partial charge in [0, 0.05) is 23.3 Å². The molecule has 0 heterocycles. The van der Waals surface area contributed by atoms with Gasteiger partial charge in [-0.05, 0) is 24.1 Å². The number of hydrogen-bond acceptors (Lipinski definition) is 5. The number of allylic oxidation sites excluding steroid dienone is 2. The third-order valence-electron chi connectivity index (χ3n) is 3.97. The van der Waals surface area contributed by atoms with Crippen LogP contribution in [0.5, 0.6) is 5.75 Å². The van der Waals surface area contributed by atoms with Gasteiger partial charge in [-0.3, -0.25) is 9.88 Å². The molecule has 0 saturated heterocycles. The number of phenols is 1. The van der Waals surface area contributed by atoms with Crippen LogP contribution in [0.25, 0.3) is 0 Å². The molecule has 9 heteroatoms. The highest BCUT2D eigenvalue weighted by atomic mass is 31.2. The van der Waals surface area contributed by atoms with Crippen LogP contribution in [-0.2, 0) is 9.36 Å². The molecule has 6 N–H and O–H groups in total. The van der Waals surface area contributed by atoms with Crippen molar-refractivity contribution in [3.05, 3.63) is 52.9 Å². The number of nitrogens with one attached hydrogen (secondary N) is 1. The Labute approximate surface area is 144 Å². The minimum absolute atomic E-state index is 0.0576. The van der Waals surface area contributed by atoms with E-state index in [0.29, 0.717) is 12.0 Å². The number of aliphatic hydroxyl groups excluding tert-OH is 2. The van der Waals surface area contributed by atoms with E-state index in [9.17, 15) is 24.7 Å². The first-order chi connectivity index (χ1) is 11.6. The Kier molecular flexibility index (Phi) is 5.69. The smallest absolute Gasteiger partial charge is 0.427 e. The molecule has 0 bridgehead atoms. The van der Waals surface area contributed by atoms with E-state index < -0.39 is 31.3 Å². The normalized spacial score (nSPS) is 17.9. The number of ketones is 1. The van der Waals surface area contributed by atoms with Gasteiger partial charge in [-0.25, -0.2) is 4.57 Å². The molecule has 8 nitrogen and oxygen atoms in total. The number of phenolic OH excluding ortho intramolecular Hbond substituents is 1. The van der Waals surface area contributed by atoms with Gasteiger partial charge in [0.05, 0.1) is 12.5 Å². The molecule has 0 aromatic heterocycles. The summed E-state index contributed by atoms with van der Waals surface area (Å²) in [7, 11) is -4.72. The summed E-state index contributed by atoms with van der Waals surface area (Å²) in [5.41, 5.74) is 0.339. The fraction of sp³-hybridized carbons (Fsp3) is 0.312. The number of benzene rings is 1. The average molecular weight is 369 g/mol. The summed E-state index contributed by atoms with van der Waals surface area (Å²) in [5, 5.41) is 32.2. The Hall–Kier alpha value is -2.12. The topological polar surface area (TPSA) is 147 Å². The van der Waals surface area contributed by atoms with E-state index in [2.05, 4.69) is 0 Å². The maximum atomic E-state index is 11.6. The standard InChI is InChI=1S/C16H20NO7P/c1-2-12(9-3-5-10(18)6-4-9)16(21)15-13(17-25(22,23)24)7-11(19)8-14(15)20/h3-6,8,12,16,18,20-21H,2,7H2,1H3,(H3,17,22,23,24). The van der Waals surface area contributed by atoms with E-state index in [-0.39, 0.29) is 23.4 Å². The molecule has 25 heavy (non-hydrogen) atoms. The van der Waals surface area contributed by atoms with Gasteiger partial charge < -0.3 is 25.1 Å². The fourth-order valence-electron chi connectivity index (χ4n) is 2.87. The molecule has 2 unspecified atom stereocenters. The average Bonchev–Trinajstić information content (AvgIpc) is 2.47. The largest absolute Gasteiger partial charge is 0.508 e. The van der Waals surface area contributed by atoms with Gasteiger partial charge >= 0.3 is 7.75 Å². The van der Waals surface area contributed by atoms with E-state index in [1.54, 1.807) is 19.1 Å². The summed E-state index contributed by atoms with van der Waals surface area (Å²) >= 11 is 0. The predicted octanol–water partition coefficient (Wildman–Crippen LogP) is 1.60. The first-order valence-electron chi connectivity index (χ1n) is 7.60. The molecule has 0 radical (unpaired) electrons. The van der Waals surface area contributed by atoms with Gasteiger partial charge in [0.1, 0.15) is 11.5 Å². The molecule has 0 spiro atoms. The van der Waals surface area contributed by atoms with Crippen LogP contribution >= 0.6 is 7.75 Å². The van der Waals surface area contributed by atoms with Gasteiger partial charge in [-0.2, -0.15) is 0 Å². The summed E-state index contributed by atoms with van der Waals surface area (Å²) in [6.07, 6.45) is -0.312. The van der Waals surface area contributed by atoms with E-state index in [4.69, 9.17) is 9.79 Å². The van der Waals surface area contributed by atoms with Crippen molar-refractivity contribution < 1.29 is 34.5 Å². The van der Waals surface area contributed by atoms with Crippen LogP contribution in [0.3, 0.4) is 0 Å². The first kappa shape index (κ1) is 19.2. The number of carbonyl (C=O) groups is 1. The van der Waals surface area contributed by atoms with Crippen molar-refractivity contribution in [3.8, 4) is 5.75 Å². The summed E-state index contributed by atoms with van der Waals surface area (Å²) in [4.78, 5) is 29.9. The van der Waals surface area contributed by atoms with Gasteiger partial charge in [0.15, 0.2) is 5.78 Å². The Bertz CT molecular complexity index is 763. The van der Waals surface area contributed by atoms with Gasteiger partial charge in [-0.15, -0.1) is 0 Å². The third-order valence-corrected chi connectivity index (χ3v) is 4.53. The molecular formula is C16H20NO7P. The van der Waals surface area contributed by atoms with Crippen molar-refractivity contribution in [2.75, 3.05) is 0 Å². The summed E-state index contributed by atoms with van der Waals surface area (Å²) in [6.45, 7) is 1.80. The second-order valence-corrected chi connectivity index (χ2v) is 7.08. The molecule has 2 atom stereocenters. The molecule has 136 valence electrons. The molecule has 1 aromatic carbocycles. The Morgan fingerprint density at radius 1 is 1.20 bits per heavy atom. The molecule has 0 saturated carbocycles. The summed E-state index contributed by atoms with van der Waals surface area (Å²) in [6, 6.07) is 6.12. The first-order valence-corrected chi connectivity index (χ1v) is 9.21. The molecule has 0 amide bonds. The molecule has 0 aliphatic heterocycles. The van der Waals surface area contributed by atoms with E-state index in [1.807, 2.05) is 5.09 Å². The number of carbonyl (C=O) groups excluding carboxylic acids is 1. The van der Waals surface area contributed by atoms with Crippen LogP contribution in [0, 0.1) is 0 Å². The molecule has 2 rings (SSSR count). The lowest BCUT2D eigenvalue weighted by atomic mass is 9.83. The van der Waals surface area contributed by atoms with Crippen molar-refractivity contribution in [2.24, 2.45) is 0 Å². The highest BCUT2D eigenvalue weighted by Gasteiger charge is 2.33. The Morgan fingerprint density at radius 3 is 2.32 bits per heavy atom. The highest BCUT2D eigenvalue weighted by Crippen LogP contribution is 2.38. The molecule has 0 fully saturated rings. The highest BCUT2D eigenvalue weighted by molar-refractivity contribution is 7.49. The summed E-state index contributed by atoms with van der Waals surface area (Å²) in [5.74, 6) is -1.53. The molecular weight excluding hydrogens is 349 g/mol. The second-order valence-electron chi connectivity index (χ2n) is 5.77. The van der Waals surface area contributed by atoms with Crippen LogP contribution in [0.4, 0.5) is 0 Å². The Balaban J connectivity index is 2.46. The van der Waals surface area contributed by atoms with Crippen LogP contribution in [-0.4, -0.2) is 37.0 Å². The zero-order valence-corrected chi connectivity index (χ0v) is 14.3. The van der Waals surface area contributed by atoms with Gasteiger partial charge in [0.25, 0.3) is 0 Å². The maximum Gasteiger partial charge on any atom is 0.427 e. The van der Waals surface area contributed by atoms with E-state index in [1.165, 1.54) is 12.1 Å². The third kappa shape index (κ3) is 4.70. The van der Waals surface area contributed by atoms with E-state index in [0.717, 1.165) is 6.08 Å².